The summed E-state index contributed by atoms with van der Waals surface area (Å²) in [7, 11) is 0. The standard InChI is InChI=1S/C24H49N7O11/c1-8-13(29)16(34)18(36)24(39-8)42-21-19(41-23-14(30)17(35)15(33)12(7-27)40-23)9(28)6-10(20(21)38-5-4-26)31-22(37)11(32)2-3-25/h8-21,23-24,32-36H,2-7,25-30H2,1H3,(H,31,37)/t8?,9?,10-,11+,12?,13+,14?,15+,16+,17-,18?,19?,20?,21+,23+,24+/m1/s1. The normalized spacial score (nSPS) is 45.4. The summed E-state index contributed by atoms with van der Waals surface area (Å²) in [5.74, 6) is -0.721. The smallest absolute Gasteiger partial charge is 0.249 e. The lowest BCUT2D eigenvalue weighted by molar-refractivity contribution is -0.331. The van der Waals surface area contributed by atoms with Crippen LogP contribution in [-0.4, -0.2) is 155 Å². The molecule has 246 valence electrons. The van der Waals surface area contributed by atoms with Gasteiger partial charge in [-0.25, -0.2) is 0 Å². The molecule has 16 atom stereocenters. The average molecular weight is 612 g/mol. The van der Waals surface area contributed by atoms with Crippen molar-refractivity contribution in [3.05, 3.63) is 0 Å². The van der Waals surface area contributed by atoms with Crippen LogP contribution in [0, 0.1) is 0 Å². The first kappa shape index (κ1) is 35.3. The molecule has 0 spiro atoms. The number of carbonyl (C=O) groups is 1. The summed E-state index contributed by atoms with van der Waals surface area (Å²) >= 11 is 0. The summed E-state index contributed by atoms with van der Waals surface area (Å²) in [4.78, 5) is 12.8. The molecule has 3 aliphatic rings. The van der Waals surface area contributed by atoms with Crippen LogP contribution in [0.25, 0.3) is 0 Å². The molecule has 0 aromatic carbocycles. The van der Waals surface area contributed by atoms with E-state index >= 15 is 0 Å². The molecular weight excluding hydrogens is 562 g/mol. The summed E-state index contributed by atoms with van der Waals surface area (Å²) in [6.45, 7) is 1.60. The van der Waals surface area contributed by atoms with E-state index in [-0.39, 0.29) is 39.1 Å². The molecule has 1 aliphatic carbocycles. The van der Waals surface area contributed by atoms with Gasteiger partial charge in [0.15, 0.2) is 12.6 Å². The van der Waals surface area contributed by atoms with Crippen molar-refractivity contribution >= 4 is 5.91 Å². The molecule has 0 aromatic heterocycles. The maximum Gasteiger partial charge on any atom is 0.249 e. The van der Waals surface area contributed by atoms with E-state index < -0.39 is 104 Å². The second kappa shape index (κ2) is 15.7. The molecule has 0 bridgehead atoms. The predicted octanol–water partition coefficient (Wildman–Crippen LogP) is -7.45. The van der Waals surface area contributed by atoms with Crippen LogP contribution in [0.1, 0.15) is 19.8 Å². The maximum absolute atomic E-state index is 12.8. The molecule has 18 heteroatoms. The number of rotatable bonds is 12. The van der Waals surface area contributed by atoms with Gasteiger partial charge in [0, 0.05) is 19.1 Å². The Morgan fingerprint density at radius 2 is 1.52 bits per heavy atom. The van der Waals surface area contributed by atoms with Crippen molar-refractivity contribution < 1.29 is 54.0 Å². The van der Waals surface area contributed by atoms with Crippen molar-refractivity contribution in [2.45, 2.75) is 118 Å². The van der Waals surface area contributed by atoms with Crippen molar-refractivity contribution in [2.75, 3.05) is 26.2 Å². The van der Waals surface area contributed by atoms with Crippen molar-refractivity contribution in [1.29, 1.82) is 0 Å². The Hall–Kier alpha value is -1.17. The first-order valence-corrected chi connectivity index (χ1v) is 14.2. The number of hydrogen-bond donors (Lipinski definition) is 12. The van der Waals surface area contributed by atoms with Gasteiger partial charge in [0.1, 0.15) is 54.9 Å². The van der Waals surface area contributed by atoms with E-state index in [1.54, 1.807) is 6.92 Å². The van der Waals surface area contributed by atoms with Crippen molar-refractivity contribution in [3.8, 4) is 0 Å². The van der Waals surface area contributed by atoms with Gasteiger partial charge in [-0.2, -0.15) is 0 Å². The molecule has 0 radical (unpaired) electrons. The molecule has 18 nitrogen and oxygen atoms in total. The van der Waals surface area contributed by atoms with Crippen molar-refractivity contribution in [1.82, 2.24) is 5.32 Å². The van der Waals surface area contributed by atoms with Gasteiger partial charge in [0.25, 0.3) is 0 Å². The average Bonchev–Trinajstić information content (AvgIpc) is 2.96. The molecular formula is C24H49N7O11. The summed E-state index contributed by atoms with van der Waals surface area (Å²) in [5, 5.41) is 54.9. The Balaban J connectivity index is 1.95. The zero-order chi connectivity index (χ0) is 31.3. The number of amides is 1. The van der Waals surface area contributed by atoms with Gasteiger partial charge in [0.05, 0.1) is 30.8 Å². The van der Waals surface area contributed by atoms with E-state index in [0.29, 0.717) is 0 Å². The Kier molecular flexibility index (Phi) is 13.2. The Bertz CT molecular complexity index is 851. The van der Waals surface area contributed by atoms with Gasteiger partial charge in [-0.15, -0.1) is 0 Å². The lowest BCUT2D eigenvalue weighted by Crippen LogP contribution is -2.70. The summed E-state index contributed by atoms with van der Waals surface area (Å²) in [5.41, 5.74) is 35.5. The fourth-order valence-corrected chi connectivity index (χ4v) is 5.42. The highest BCUT2D eigenvalue weighted by Crippen LogP contribution is 2.33. The number of hydrogen-bond acceptors (Lipinski definition) is 17. The summed E-state index contributed by atoms with van der Waals surface area (Å²) in [6.07, 6.45) is -15.1. The lowest BCUT2D eigenvalue weighted by Gasteiger charge is -2.50. The van der Waals surface area contributed by atoms with Crippen LogP contribution in [0.3, 0.4) is 0 Å². The molecule has 1 amide bonds. The molecule has 18 N–H and O–H groups in total. The fraction of sp³-hybridized carbons (Fsp3) is 0.958. The van der Waals surface area contributed by atoms with Crippen LogP contribution < -0.4 is 39.7 Å². The van der Waals surface area contributed by atoms with Gasteiger partial charge in [-0.3, -0.25) is 4.79 Å². The highest BCUT2D eigenvalue weighted by atomic mass is 16.7. The molecule has 3 rings (SSSR count). The van der Waals surface area contributed by atoms with Crippen LogP contribution >= 0.6 is 0 Å². The second-order valence-corrected chi connectivity index (χ2v) is 11.0. The van der Waals surface area contributed by atoms with E-state index in [4.69, 9.17) is 58.1 Å². The third-order valence-electron chi connectivity index (χ3n) is 7.97. The number of nitrogens with two attached hydrogens (primary N) is 6. The van der Waals surface area contributed by atoms with Crippen molar-refractivity contribution in [2.24, 2.45) is 34.4 Å². The van der Waals surface area contributed by atoms with E-state index in [0.717, 1.165) is 0 Å². The van der Waals surface area contributed by atoms with Crippen LogP contribution in [0.2, 0.25) is 0 Å². The van der Waals surface area contributed by atoms with Gasteiger partial charge in [-0.05, 0) is 26.3 Å². The number of nitrogens with one attached hydrogen (secondary N) is 1. The first-order valence-electron chi connectivity index (χ1n) is 14.2. The Morgan fingerprint density at radius 1 is 0.881 bits per heavy atom. The first-order chi connectivity index (χ1) is 19.9. The number of aliphatic hydroxyl groups is 5. The largest absolute Gasteiger partial charge is 0.388 e. The molecule has 42 heavy (non-hydrogen) atoms. The Morgan fingerprint density at radius 3 is 2.14 bits per heavy atom. The van der Waals surface area contributed by atoms with E-state index in [9.17, 15) is 30.3 Å². The van der Waals surface area contributed by atoms with Crippen molar-refractivity contribution in [3.63, 3.8) is 0 Å². The minimum atomic E-state index is -1.59. The van der Waals surface area contributed by atoms with Gasteiger partial charge in [0.2, 0.25) is 5.91 Å². The molecule has 0 aromatic rings. The predicted molar refractivity (Wildman–Crippen MR) is 145 cm³/mol. The van der Waals surface area contributed by atoms with Gasteiger partial charge >= 0.3 is 0 Å². The molecule has 2 saturated heterocycles. The quantitative estimate of drug-likeness (QED) is 0.0974. The molecule has 1 saturated carbocycles. The summed E-state index contributed by atoms with van der Waals surface area (Å²) in [6, 6.07) is -3.90. The Labute approximate surface area is 243 Å². The van der Waals surface area contributed by atoms with Crippen LogP contribution in [0.15, 0.2) is 0 Å². The third kappa shape index (κ3) is 7.91. The minimum absolute atomic E-state index is 0.00177. The minimum Gasteiger partial charge on any atom is -0.388 e. The molecule has 7 unspecified atom stereocenters. The second-order valence-electron chi connectivity index (χ2n) is 11.0. The van der Waals surface area contributed by atoms with Crippen LogP contribution in [0.4, 0.5) is 0 Å². The zero-order valence-electron chi connectivity index (χ0n) is 23.6. The zero-order valence-corrected chi connectivity index (χ0v) is 23.6. The third-order valence-corrected chi connectivity index (χ3v) is 7.97. The monoisotopic (exact) mass is 611 g/mol. The molecule has 2 heterocycles. The SMILES string of the molecule is CC1O[C@@H](O[C@H]2C(O[C@@H]3OC(CN)[C@H](O)[C@H](O)C3N)C(N)C[C@@H](NC(=O)[C@@H](O)CCN)C2OCCN)C(O)[C@@H](O)[C@H]1N. The highest BCUT2D eigenvalue weighted by Gasteiger charge is 2.53. The number of aliphatic hydroxyl groups excluding tert-OH is 5. The maximum atomic E-state index is 12.8. The number of ether oxygens (including phenoxy) is 5. The van der Waals surface area contributed by atoms with E-state index in [2.05, 4.69) is 5.32 Å². The summed E-state index contributed by atoms with van der Waals surface area (Å²) < 4.78 is 29.9. The molecule has 2 aliphatic heterocycles. The molecule has 3 fully saturated rings. The number of carbonyl (C=O) groups excluding carboxylic acids is 1. The van der Waals surface area contributed by atoms with Gasteiger partial charge < -0.3 is 88.9 Å². The van der Waals surface area contributed by atoms with Crippen LogP contribution in [0.5, 0.6) is 0 Å². The van der Waals surface area contributed by atoms with Gasteiger partial charge in [-0.1, -0.05) is 0 Å². The topological polar surface area (TPSA) is 333 Å². The van der Waals surface area contributed by atoms with Crippen LogP contribution in [-0.2, 0) is 28.5 Å². The van der Waals surface area contributed by atoms with E-state index in [1.807, 2.05) is 0 Å². The fourth-order valence-electron chi connectivity index (χ4n) is 5.42. The lowest BCUT2D eigenvalue weighted by atomic mass is 9.83. The van der Waals surface area contributed by atoms with E-state index in [1.165, 1.54) is 0 Å². The highest BCUT2D eigenvalue weighted by molar-refractivity contribution is 5.80.